The smallest absolute Gasteiger partial charge is 0.343 e. The van der Waals surface area contributed by atoms with Gasteiger partial charge in [-0.05, 0) is 201 Å². The van der Waals surface area contributed by atoms with E-state index in [1.165, 1.54) is 18.1 Å². The number of ether oxygens (including phenoxy) is 4. The number of aryl methyl sites for hydroxylation is 8. The number of carbonyl (C=O) groups excluding carboxylic acids is 4. The standard InChI is InChI=1S/C70H76O8/c1-41(2)39-69(14,58-31-43(5)62(75-16)44(6)32-58)59-33-45(7)63(46(8)34-59)76-66(72)55-23-19-52(20-24-55)17-18-53-21-25-56(26-22-53)67(73)77-64-47(9)35-60(36-48(64)10)70(15,40-42(3)4)61-37-49(11)65(50(12)38-61)78-68(74)57-29-27-54(28-30-57)51(13)71/h17-38,41-42H,39-40H2,1-16H3. The zero-order valence-corrected chi connectivity index (χ0v) is 48.5. The Kier molecular flexibility index (Phi) is 17.7. The zero-order valence-electron chi connectivity index (χ0n) is 48.5. The van der Waals surface area contributed by atoms with Crippen molar-refractivity contribution in [2.75, 3.05) is 7.11 Å². The lowest BCUT2D eigenvalue weighted by atomic mass is 9.70. The summed E-state index contributed by atoms with van der Waals surface area (Å²) < 4.78 is 23.8. The maximum absolute atomic E-state index is 13.7. The Labute approximate surface area is 462 Å². The number of hydrogen-bond acceptors (Lipinski definition) is 8. The zero-order chi connectivity index (χ0) is 57.0. The van der Waals surface area contributed by atoms with Gasteiger partial charge in [0.15, 0.2) is 5.78 Å². The third-order valence-electron chi connectivity index (χ3n) is 15.1. The first-order valence-corrected chi connectivity index (χ1v) is 27.0. The molecule has 2 unspecified atom stereocenters. The number of rotatable bonds is 18. The van der Waals surface area contributed by atoms with Crippen LogP contribution in [-0.4, -0.2) is 30.8 Å². The molecule has 8 heteroatoms. The second-order valence-corrected chi connectivity index (χ2v) is 22.7. The Morgan fingerprint density at radius 2 is 0.628 bits per heavy atom. The van der Waals surface area contributed by atoms with E-state index in [4.69, 9.17) is 18.9 Å². The summed E-state index contributed by atoms with van der Waals surface area (Å²) in [6.45, 7) is 31.0. The van der Waals surface area contributed by atoms with Crippen LogP contribution in [0.25, 0.3) is 12.2 Å². The van der Waals surface area contributed by atoms with Crippen LogP contribution >= 0.6 is 0 Å². The minimum atomic E-state index is -0.487. The molecule has 0 saturated heterocycles. The average Bonchev–Trinajstić information content (AvgIpc) is 3.38. The monoisotopic (exact) mass is 1040 g/mol. The van der Waals surface area contributed by atoms with E-state index < -0.39 is 23.3 Å². The molecule has 78 heavy (non-hydrogen) atoms. The van der Waals surface area contributed by atoms with Gasteiger partial charge in [-0.2, -0.15) is 0 Å². The lowest BCUT2D eigenvalue weighted by Crippen LogP contribution is -2.27. The number of ketones is 1. The van der Waals surface area contributed by atoms with Crippen molar-refractivity contribution in [3.63, 3.8) is 0 Å². The SMILES string of the molecule is COc1c(C)cc(C(C)(CC(C)C)c2cc(C)c(OC(=O)c3ccc(C=Cc4ccc(C(=O)Oc5c(C)cc(C(C)(CC(C)C)c6cc(C)c(OC(=O)c7ccc(C(C)=O)cc7)c(C)c6)cc5C)cc4)cc3)c(C)c2)cc1C. The average molecular weight is 1050 g/mol. The van der Waals surface area contributed by atoms with E-state index in [1.54, 1.807) is 55.6 Å². The van der Waals surface area contributed by atoms with Crippen LogP contribution in [0.5, 0.6) is 23.0 Å². The maximum Gasteiger partial charge on any atom is 0.343 e. The van der Waals surface area contributed by atoms with Crippen molar-refractivity contribution in [3.8, 4) is 23.0 Å². The van der Waals surface area contributed by atoms with Crippen molar-refractivity contribution in [2.45, 2.75) is 128 Å². The number of Topliss-reactive ketones (excluding diaryl/α,β-unsaturated/α-hetero) is 1. The number of esters is 3. The highest BCUT2D eigenvalue weighted by molar-refractivity contribution is 5.97. The van der Waals surface area contributed by atoms with Crippen molar-refractivity contribution in [2.24, 2.45) is 11.8 Å². The Morgan fingerprint density at radius 1 is 0.397 bits per heavy atom. The predicted molar refractivity (Wildman–Crippen MR) is 315 cm³/mol. The molecule has 0 aliphatic carbocycles. The number of carbonyl (C=O) groups is 4. The molecule has 0 aliphatic heterocycles. The number of methoxy groups -OCH3 is 1. The summed E-state index contributed by atoms with van der Waals surface area (Å²) in [5.41, 5.74) is 14.9. The van der Waals surface area contributed by atoms with E-state index in [0.717, 1.165) is 85.4 Å². The quantitative estimate of drug-likeness (QED) is 0.0362. The molecule has 404 valence electrons. The fourth-order valence-electron chi connectivity index (χ4n) is 11.3. The predicted octanol–water partition coefficient (Wildman–Crippen LogP) is 16.9. The molecule has 0 aliphatic rings. The van der Waals surface area contributed by atoms with Gasteiger partial charge >= 0.3 is 17.9 Å². The molecule has 0 heterocycles. The minimum Gasteiger partial charge on any atom is -0.496 e. The summed E-state index contributed by atoms with van der Waals surface area (Å²) in [5, 5.41) is 0. The highest BCUT2D eigenvalue weighted by Crippen LogP contribution is 2.45. The Bertz CT molecular complexity index is 3340. The van der Waals surface area contributed by atoms with Gasteiger partial charge < -0.3 is 18.9 Å². The number of benzene rings is 7. The fourth-order valence-corrected chi connectivity index (χ4v) is 11.3. The van der Waals surface area contributed by atoms with Crippen LogP contribution in [0.3, 0.4) is 0 Å². The first-order chi connectivity index (χ1) is 36.8. The summed E-state index contributed by atoms with van der Waals surface area (Å²) in [6.07, 6.45) is 5.70. The Hall–Kier alpha value is -7.84. The second-order valence-electron chi connectivity index (χ2n) is 22.7. The maximum atomic E-state index is 13.7. The van der Waals surface area contributed by atoms with Gasteiger partial charge in [0, 0.05) is 16.4 Å². The molecule has 7 aromatic rings. The van der Waals surface area contributed by atoms with Crippen LogP contribution in [0.1, 0.15) is 181 Å². The molecule has 0 fully saturated rings. The van der Waals surface area contributed by atoms with Crippen LogP contribution in [0.15, 0.2) is 121 Å². The number of hydrogen-bond donors (Lipinski definition) is 0. The van der Waals surface area contributed by atoms with E-state index >= 15 is 0 Å². The summed E-state index contributed by atoms with van der Waals surface area (Å²) in [5.74, 6) is 1.89. The van der Waals surface area contributed by atoms with Gasteiger partial charge in [0.25, 0.3) is 0 Å². The molecule has 0 bridgehead atoms. The summed E-state index contributed by atoms with van der Waals surface area (Å²) in [4.78, 5) is 52.2. The molecule has 8 nitrogen and oxygen atoms in total. The van der Waals surface area contributed by atoms with Gasteiger partial charge in [-0.15, -0.1) is 0 Å². The van der Waals surface area contributed by atoms with Gasteiger partial charge in [0.1, 0.15) is 23.0 Å². The molecule has 0 spiro atoms. The normalized spacial score (nSPS) is 13.1. The van der Waals surface area contributed by atoms with Crippen molar-refractivity contribution in [1.82, 2.24) is 0 Å². The van der Waals surface area contributed by atoms with Crippen molar-refractivity contribution >= 4 is 35.8 Å². The van der Waals surface area contributed by atoms with Crippen LogP contribution < -0.4 is 18.9 Å². The molecular weight excluding hydrogens is 969 g/mol. The molecule has 7 aromatic carbocycles. The molecule has 0 amide bonds. The van der Waals surface area contributed by atoms with Gasteiger partial charge in [-0.25, -0.2) is 14.4 Å². The highest BCUT2D eigenvalue weighted by atomic mass is 16.5. The van der Waals surface area contributed by atoms with Gasteiger partial charge in [-0.3, -0.25) is 4.79 Å². The van der Waals surface area contributed by atoms with E-state index in [0.29, 0.717) is 51.3 Å². The minimum absolute atomic E-state index is 0.0696. The van der Waals surface area contributed by atoms with Crippen LogP contribution in [0.2, 0.25) is 0 Å². The van der Waals surface area contributed by atoms with Crippen molar-refractivity contribution in [3.05, 3.63) is 221 Å². The van der Waals surface area contributed by atoms with Crippen molar-refractivity contribution in [1.29, 1.82) is 0 Å². The van der Waals surface area contributed by atoms with E-state index in [2.05, 4.69) is 104 Å². The van der Waals surface area contributed by atoms with E-state index in [-0.39, 0.29) is 11.2 Å². The lowest BCUT2D eigenvalue weighted by Gasteiger charge is -2.34. The second kappa shape index (κ2) is 23.8. The Morgan fingerprint density at radius 3 is 0.859 bits per heavy atom. The van der Waals surface area contributed by atoms with Crippen LogP contribution in [0, 0.1) is 67.2 Å². The largest absolute Gasteiger partial charge is 0.496 e. The third kappa shape index (κ3) is 12.8. The van der Waals surface area contributed by atoms with Gasteiger partial charge in [0.05, 0.1) is 23.8 Å². The molecule has 0 N–H and O–H groups in total. The van der Waals surface area contributed by atoms with Gasteiger partial charge in [-0.1, -0.05) is 139 Å². The van der Waals surface area contributed by atoms with Crippen LogP contribution in [-0.2, 0) is 10.8 Å². The van der Waals surface area contributed by atoms with Crippen LogP contribution in [0.4, 0.5) is 0 Å². The van der Waals surface area contributed by atoms with E-state index in [1.807, 2.05) is 78.0 Å². The highest BCUT2D eigenvalue weighted by Gasteiger charge is 2.34. The molecular formula is C70H76O8. The van der Waals surface area contributed by atoms with Crippen molar-refractivity contribution < 1.29 is 38.1 Å². The molecule has 0 aromatic heterocycles. The topological polar surface area (TPSA) is 105 Å². The summed E-state index contributed by atoms with van der Waals surface area (Å²) >= 11 is 0. The first kappa shape index (κ1) is 57.9. The molecule has 0 saturated carbocycles. The molecule has 2 atom stereocenters. The fraction of sp³-hybridized carbons (Fsp3) is 0.314. The lowest BCUT2D eigenvalue weighted by molar-refractivity contribution is 0.0723. The third-order valence-corrected chi connectivity index (χ3v) is 15.1. The summed E-state index contributed by atoms with van der Waals surface area (Å²) in [7, 11) is 1.72. The summed E-state index contributed by atoms with van der Waals surface area (Å²) in [6, 6.07) is 38.3. The molecule has 7 rings (SSSR count). The van der Waals surface area contributed by atoms with Gasteiger partial charge in [0.2, 0.25) is 0 Å². The molecule has 0 radical (unpaired) electrons. The van der Waals surface area contributed by atoms with E-state index in [9.17, 15) is 19.2 Å². The first-order valence-electron chi connectivity index (χ1n) is 27.0. The Balaban J connectivity index is 1.00.